The Hall–Kier alpha value is -2.40. The van der Waals surface area contributed by atoms with Gasteiger partial charge in [0.15, 0.2) is 6.29 Å². The van der Waals surface area contributed by atoms with Crippen molar-refractivity contribution in [1.82, 2.24) is 4.98 Å². The smallest absolute Gasteiger partial charge is 0.229 e. The number of hydrogen-bond acceptors (Lipinski definition) is 5. The number of rotatable bonds is 3. The zero-order valence-corrected chi connectivity index (χ0v) is 10.7. The van der Waals surface area contributed by atoms with Gasteiger partial charge in [0.05, 0.1) is 0 Å². The molecule has 3 aromatic rings. The molecule has 0 N–H and O–H groups in total. The van der Waals surface area contributed by atoms with Crippen LogP contribution in [0.4, 0.5) is 10.8 Å². The predicted octanol–water partition coefficient (Wildman–Crippen LogP) is 4.52. The second-order valence-corrected chi connectivity index (χ2v) is 4.73. The predicted molar refractivity (Wildman–Crippen MR) is 75.6 cm³/mol. The number of nitrogens with zero attached hydrogens (tertiary/aromatic N) is 3. The van der Waals surface area contributed by atoms with Crippen LogP contribution in [0.1, 0.15) is 10.4 Å². The van der Waals surface area contributed by atoms with Crippen LogP contribution < -0.4 is 0 Å². The lowest BCUT2D eigenvalue weighted by Crippen LogP contribution is -1.82. The maximum absolute atomic E-state index is 11.1. The van der Waals surface area contributed by atoms with E-state index in [0.29, 0.717) is 16.4 Å². The molecular formula is C14H9N3OS. The molecule has 0 bridgehead atoms. The van der Waals surface area contributed by atoms with Gasteiger partial charge < -0.3 is 0 Å². The number of azo groups is 1. The first kappa shape index (κ1) is 11.7. The van der Waals surface area contributed by atoms with Crippen LogP contribution in [-0.4, -0.2) is 11.3 Å². The third-order valence-electron chi connectivity index (χ3n) is 2.71. The normalized spacial score (nSPS) is 11.2. The zero-order valence-electron chi connectivity index (χ0n) is 9.85. The van der Waals surface area contributed by atoms with E-state index >= 15 is 0 Å². The third kappa shape index (κ3) is 2.28. The molecule has 0 amide bonds. The lowest BCUT2D eigenvalue weighted by Gasteiger charge is -2.03. The van der Waals surface area contributed by atoms with Crippen molar-refractivity contribution < 1.29 is 4.79 Å². The minimum atomic E-state index is 0.527. The molecule has 0 saturated heterocycles. The SMILES string of the molecule is O=Cc1ccc2ccccc2c1N=Nc1nccs1. The fraction of sp³-hybridized carbons (Fsp3) is 0. The molecule has 0 atom stereocenters. The van der Waals surface area contributed by atoms with E-state index in [2.05, 4.69) is 15.2 Å². The van der Waals surface area contributed by atoms with Gasteiger partial charge in [-0.25, -0.2) is 4.98 Å². The summed E-state index contributed by atoms with van der Waals surface area (Å²) in [4.78, 5) is 15.2. The maximum Gasteiger partial charge on any atom is 0.229 e. The Morgan fingerprint density at radius 2 is 2.00 bits per heavy atom. The molecule has 2 aromatic carbocycles. The highest BCUT2D eigenvalue weighted by Crippen LogP contribution is 2.31. The molecule has 1 aromatic heterocycles. The minimum Gasteiger partial charge on any atom is -0.298 e. The van der Waals surface area contributed by atoms with Crippen LogP contribution in [-0.2, 0) is 0 Å². The highest BCUT2D eigenvalue weighted by Gasteiger charge is 2.06. The molecule has 0 unspecified atom stereocenters. The van der Waals surface area contributed by atoms with E-state index in [0.717, 1.165) is 17.1 Å². The van der Waals surface area contributed by atoms with Gasteiger partial charge in [-0.1, -0.05) is 30.3 Å². The van der Waals surface area contributed by atoms with Crippen molar-refractivity contribution in [1.29, 1.82) is 0 Å². The van der Waals surface area contributed by atoms with E-state index in [9.17, 15) is 4.79 Å². The van der Waals surface area contributed by atoms with Crippen LogP contribution in [0.3, 0.4) is 0 Å². The van der Waals surface area contributed by atoms with Gasteiger partial charge in [0.25, 0.3) is 0 Å². The number of hydrogen-bond donors (Lipinski definition) is 0. The van der Waals surface area contributed by atoms with Crippen molar-refractivity contribution >= 4 is 39.2 Å². The summed E-state index contributed by atoms with van der Waals surface area (Å²) in [6.07, 6.45) is 2.46. The Bertz CT molecular complexity index is 750. The van der Waals surface area contributed by atoms with Gasteiger partial charge >= 0.3 is 0 Å². The monoisotopic (exact) mass is 267 g/mol. The molecule has 0 aliphatic rings. The van der Waals surface area contributed by atoms with Crippen LogP contribution in [0, 0.1) is 0 Å². The Morgan fingerprint density at radius 3 is 2.79 bits per heavy atom. The molecule has 4 nitrogen and oxygen atoms in total. The van der Waals surface area contributed by atoms with Crippen LogP contribution in [0.5, 0.6) is 0 Å². The Labute approximate surface area is 113 Å². The summed E-state index contributed by atoms with van der Waals surface area (Å²) < 4.78 is 0. The van der Waals surface area contributed by atoms with Crippen molar-refractivity contribution in [2.24, 2.45) is 10.2 Å². The Balaban J connectivity index is 2.17. The summed E-state index contributed by atoms with van der Waals surface area (Å²) >= 11 is 1.40. The van der Waals surface area contributed by atoms with Crippen LogP contribution in [0.15, 0.2) is 58.2 Å². The fourth-order valence-corrected chi connectivity index (χ4v) is 2.29. The first-order valence-corrected chi connectivity index (χ1v) is 6.54. The molecule has 5 heteroatoms. The molecule has 92 valence electrons. The number of aldehydes is 1. The summed E-state index contributed by atoms with van der Waals surface area (Å²) in [7, 11) is 0. The van der Waals surface area contributed by atoms with Gasteiger partial charge in [-0.15, -0.1) is 21.6 Å². The van der Waals surface area contributed by atoms with Crippen LogP contribution in [0.2, 0.25) is 0 Å². The quantitative estimate of drug-likeness (QED) is 0.517. The summed E-state index contributed by atoms with van der Waals surface area (Å²) in [6.45, 7) is 0. The molecule has 0 radical (unpaired) electrons. The Kier molecular flexibility index (Phi) is 3.12. The second-order valence-electron chi connectivity index (χ2n) is 3.86. The van der Waals surface area contributed by atoms with E-state index < -0.39 is 0 Å². The summed E-state index contributed by atoms with van der Waals surface area (Å²) in [5.41, 5.74) is 1.11. The van der Waals surface area contributed by atoms with Crippen LogP contribution in [0.25, 0.3) is 10.8 Å². The molecule has 0 aliphatic carbocycles. The van der Waals surface area contributed by atoms with Crippen molar-refractivity contribution in [3.05, 3.63) is 53.5 Å². The van der Waals surface area contributed by atoms with Gasteiger partial charge in [0.2, 0.25) is 5.13 Å². The van der Waals surface area contributed by atoms with Gasteiger partial charge in [-0.05, 0) is 11.5 Å². The lowest BCUT2D eigenvalue weighted by molar-refractivity contribution is 0.112. The van der Waals surface area contributed by atoms with Crippen LogP contribution >= 0.6 is 11.3 Å². The average molecular weight is 267 g/mol. The van der Waals surface area contributed by atoms with Crippen molar-refractivity contribution in [2.75, 3.05) is 0 Å². The van der Waals surface area contributed by atoms with E-state index in [1.165, 1.54) is 11.3 Å². The van der Waals surface area contributed by atoms with Gasteiger partial charge in [-0.3, -0.25) is 4.79 Å². The molecule has 3 rings (SSSR count). The van der Waals surface area contributed by atoms with Gasteiger partial charge in [-0.2, -0.15) is 0 Å². The number of aromatic nitrogens is 1. The number of benzene rings is 2. The fourth-order valence-electron chi connectivity index (χ4n) is 1.84. The molecule has 19 heavy (non-hydrogen) atoms. The highest BCUT2D eigenvalue weighted by atomic mass is 32.1. The summed E-state index contributed by atoms with van der Waals surface area (Å²) in [5.74, 6) is 0. The topological polar surface area (TPSA) is 54.7 Å². The molecular weight excluding hydrogens is 258 g/mol. The first-order chi connectivity index (χ1) is 9.38. The molecule has 0 saturated carbocycles. The average Bonchev–Trinajstić information content (AvgIpc) is 2.97. The van der Waals surface area contributed by atoms with Crippen molar-refractivity contribution in [2.45, 2.75) is 0 Å². The summed E-state index contributed by atoms with van der Waals surface area (Å²) in [6, 6.07) is 11.4. The first-order valence-electron chi connectivity index (χ1n) is 5.66. The zero-order chi connectivity index (χ0) is 13.1. The second kappa shape index (κ2) is 5.07. The third-order valence-corrected chi connectivity index (χ3v) is 3.37. The van der Waals surface area contributed by atoms with E-state index in [-0.39, 0.29) is 0 Å². The van der Waals surface area contributed by atoms with E-state index in [4.69, 9.17) is 0 Å². The van der Waals surface area contributed by atoms with Gasteiger partial charge in [0, 0.05) is 22.5 Å². The number of fused-ring (bicyclic) bond motifs is 1. The summed E-state index contributed by atoms with van der Waals surface area (Å²) in [5, 5.41) is 12.6. The van der Waals surface area contributed by atoms with E-state index in [1.807, 2.05) is 35.7 Å². The lowest BCUT2D eigenvalue weighted by atomic mass is 10.1. The molecule has 0 spiro atoms. The number of carbonyl (C=O) groups excluding carboxylic acids is 1. The maximum atomic E-state index is 11.1. The van der Waals surface area contributed by atoms with Gasteiger partial charge in [0.1, 0.15) is 5.69 Å². The highest BCUT2D eigenvalue weighted by molar-refractivity contribution is 7.13. The molecule has 0 aliphatic heterocycles. The van der Waals surface area contributed by atoms with Crippen molar-refractivity contribution in [3.63, 3.8) is 0 Å². The Morgan fingerprint density at radius 1 is 1.11 bits per heavy atom. The molecule has 0 fully saturated rings. The number of thiazole rings is 1. The van der Waals surface area contributed by atoms with E-state index in [1.54, 1.807) is 12.3 Å². The van der Waals surface area contributed by atoms with Crippen molar-refractivity contribution in [3.8, 4) is 0 Å². The standard InChI is InChI=1S/C14H9N3OS/c18-9-11-6-5-10-3-1-2-4-12(10)13(11)16-17-14-15-7-8-19-14/h1-9H. The largest absolute Gasteiger partial charge is 0.298 e. The minimum absolute atomic E-state index is 0.527. The number of carbonyl (C=O) groups is 1. The molecule has 1 heterocycles.